The molecule has 0 aliphatic heterocycles. The molecule has 3 rings (SSSR count). The second-order valence-electron chi connectivity index (χ2n) is 10.0. The van der Waals surface area contributed by atoms with Gasteiger partial charge in [-0.15, -0.1) is 0 Å². The Hall–Kier alpha value is -2.44. The first-order valence-electron chi connectivity index (χ1n) is 10.8. The zero-order valence-electron chi connectivity index (χ0n) is 19.5. The highest BCUT2D eigenvalue weighted by atomic mass is 31.1. The van der Waals surface area contributed by atoms with E-state index in [0.29, 0.717) is 15.2 Å². The summed E-state index contributed by atoms with van der Waals surface area (Å²) in [5, 5.41) is 2.20. The van der Waals surface area contributed by atoms with E-state index in [1.165, 1.54) is 11.1 Å². The summed E-state index contributed by atoms with van der Waals surface area (Å²) in [7, 11) is 0.343. The van der Waals surface area contributed by atoms with E-state index in [0.717, 1.165) is 33.8 Å². The Bertz CT molecular complexity index is 1040. The topological polar surface area (TPSA) is 26.3 Å². The van der Waals surface area contributed by atoms with E-state index in [9.17, 15) is 4.79 Å². The first kappa shape index (κ1) is 23.2. The normalized spacial score (nSPS) is 12.3. The minimum absolute atomic E-state index is 0.0152. The summed E-state index contributed by atoms with van der Waals surface area (Å²) in [6.45, 7) is 13.9. The van der Waals surface area contributed by atoms with Crippen LogP contribution in [-0.4, -0.2) is 6.29 Å². The predicted octanol–water partition coefficient (Wildman–Crippen LogP) is 6.30. The molecular weight excluding hydrogens is 399 g/mol. The van der Waals surface area contributed by atoms with Crippen molar-refractivity contribution in [2.75, 3.05) is 0 Å². The number of ether oxygens (including phenoxy) is 1. The van der Waals surface area contributed by atoms with Crippen LogP contribution in [0.5, 0.6) is 5.75 Å². The highest BCUT2D eigenvalue weighted by molar-refractivity contribution is 7.56. The van der Waals surface area contributed by atoms with Gasteiger partial charge in [0.05, 0.1) is 0 Å². The molecule has 0 aliphatic carbocycles. The summed E-state index contributed by atoms with van der Waals surface area (Å²) in [6, 6.07) is 22.7. The number of aldehydes is 1. The SMILES string of the molecule is CC(C)(C)c1cc(Pc2ccccc2C=O)c(OCc2ccccc2)c(C(C)(C)C)c1. The van der Waals surface area contributed by atoms with Gasteiger partial charge in [0.1, 0.15) is 12.4 Å². The predicted molar refractivity (Wildman–Crippen MR) is 134 cm³/mol. The van der Waals surface area contributed by atoms with Crippen LogP contribution in [0.3, 0.4) is 0 Å². The number of hydrogen-bond donors (Lipinski definition) is 0. The highest BCUT2D eigenvalue weighted by Crippen LogP contribution is 2.37. The van der Waals surface area contributed by atoms with Crippen molar-refractivity contribution in [3.63, 3.8) is 0 Å². The van der Waals surface area contributed by atoms with Gasteiger partial charge in [-0.05, 0) is 33.3 Å². The van der Waals surface area contributed by atoms with Crippen LogP contribution in [0.2, 0.25) is 0 Å². The zero-order valence-corrected chi connectivity index (χ0v) is 20.5. The van der Waals surface area contributed by atoms with Crippen molar-refractivity contribution in [1.82, 2.24) is 0 Å². The molecule has 3 heteroatoms. The molecule has 0 heterocycles. The molecule has 0 saturated carbocycles. The molecule has 0 aliphatic rings. The Morgan fingerprint density at radius 2 is 1.45 bits per heavy atom. The molecule has 0 saturated heterocycles. The molecule has 0 spiro atoms. The van der Waals surface area contributed by atoms with Crippen molar-refractivity contribution in [3.8, 4) is 5.75 Å². The summed E-state index contributed by atoms with van der Waals surface area (Å²) in [4.78, 5) is 11.6. The van der Waals surface area contributed by atoms with Crippen molar-refractivity contribution in [3.05, 3.63) is 89.0 Å². The molecule has 0 fully saturated rings. The van der Waals surface area contributed by atoms with E-state index in [-0.39, 0.29) is 10.8 Å². The van der Waals surface area contributed by atoms with Gasteiger partial charge in [-0.1, -0.05) is 111 Å². The third kappa shape index (κ3) is 5.83. The fraction of sp³-hybridized carbons (Fsp3) is 0.321. The molecule has 1 atom stereocenters. The number of carbonyl (C=O) groups excluding carboxylic acids is 1. The van der Waals surface area contributed by atoms with E-state index in [2.05, 4.69) is 65.8 Å². The lowest BCUT2D eigenvalue weighted by atomic mass is 9.80. The third-order valence-electron chi connectivity index (χ3n) is 5.35. The number of carbonyl (C=O) groups is 1. The van der Waals surface area contributed by atoms with E-state index in [1.807, 2.05) is 42.5 Å². The van der Waals surface area contributed by atoms with E-state index < -0.39 is 0 Å². The summed E-state index contributed by atoms with van der Waals surface area (Å²) in [5.41, 5.74) is 4.33. The van der Waals surface area contributed by atoms with Gasteiger partial charge in [-0.2, -0.15) is 0 Å². The van der Waals surface area contributed by atoms with Crippen molar-refractivity contribution in [2.24, 2.45) is 0 Å². The first-order chi connectivity index (χ1) is 14.6. The largest absolute Gasteiger partial charge is 0.488 e. The molecule has 0 aromatic heterocycles. The van der Waals surface area contributed by atoms with Crippen molar-refractivity contribution in [2.45, 2.75) is 59.0 Å². The molecular formula is C28H33O2P. The molecule has 3 aromatic rings. The Kier molecular flexibility index (Phi) is 7.02. The van der Waals surface area contributed by atoms with Gasteiger partial charge in [-0.3, -0.25) is 4.79 Å². The quantitative estimate of drug-likeness (QED) is 0.337. The summed E-state index contributed by atoms with van der Waals surface area (Å²) in [5.74, 6) is 0.948. The smallest absolute Gasteiger partial charge is 0.150 e. The molecule has 1 unspecified atom stereocenters. The number of hydrogen-bond acceptors (Lipinski definition) is 2. The maximum absolute atomic E-state index is 11.6. The molecule has 2 nitrogen and oxygen atoms in total. The monoisotopic (exact) mass is 432 g/mol. The molecule has 3 aromatic carbocycles. The molecule has 31 heavy (non-hydrogen) atoms. The second-order valence-corrected chi connectivity index (χ2v) is 11.3. The van der Waals surface area contributed by atoms with Crippen LogP contribution in [0.25, 0.3) is 0 Å². The van der Waals surface area contributed by atoms with Crippen LogP contribution in [0.15, 0.2) is 66.7 Å². The fourth-order valence-corrected chi connectivity index (χ4v) is 4.76. The van der Waals surface area contributed by atoms with E-state index >= 15 is 0 Å². The van der Waals surface area contributed by atoms with E-state index in [1.54, 1.807) is 0 Å². The highest BCUT2D eigenvalue weighted by Gasteiger charge is 2.26. The minimum Gasteiger partial charge on any atom is -0.488 e. The number of benzene rings is 3. The Balaban J connectivity index is 2.15. The maximum Gasteiger partial charge on any atom is 0.150 e. The fourth-order valence-electron chi connectivity index (χ4n) is 3.46. The van der Waals surface area contributed by atoms with Gasteiger partial charge in [0.15, 0.2) is 6.29 Å². The van der Waals surface area contributed by atoms with Crippen LogP contribution >= 0.6 is 8.58 Å². The Labute approximate surface area is 188 Å². The molecule has 0 amide bonds. The molecule has 0 radical (unpaired) electrons. The van der Waals surface area contributed by atoms with Crippen molar-refractivity contribution in [1.29, 1.82) is 0 Å². The second kappa shape index (κ2) is 9.37. The third-order valence-corrected chi connectivity index (χ3v) is 6.71. The van der Waals surface area contributed by atoms with Gasteiger partial charge in [0, 0.05) is 16.4 Å². The molecule has 162 valence electrons. The van der Waals surface area contributed by atoms with Gasteiger partial charge >= 0.3 is 0 Å². The Morgan fingerprint density at radius 1 is 0.806 bits per heavy atom. The Morgan fingerprint density at radius 3 is 2.06 bits per heavy atom. The zero-order chi connectivity index (χ0) is 22.6. The first-order valence-corrected chi connectivity index (χ1v) is 11.8. The summed E-state index contributed by atoms with van der Waals surface area (Å²) >= 11 is 0. The number of rotatable bonds is 6. The lowest BCUT2D eigenvalue weighted by Crippen LogP contribution is -2.23. The standard InChI is InChI=1S/C28H33O2P/c1-27(2,3)22-16-23(28(4,5)6)26(30-19-20-12-8-7-9-13-20)25(17-22)31-24-15-11-10-14-21(24)18-29/h7-18,31H,19H2,1-6H3. The van der Waals surface area contributed by atoms with Gasteiger partial charge in [0.2, 0.25) is 0 Å². The maximum atomic E-state index is 11.6. The average molecular weight is 433 g/mol. The van der Waals surface area contributed by atoms with Crippen LogP contribution in [0, 0.1) is 0 Å². The average Bonchev–Trinajstić information content (AvgIpc) is 2.72. The van der Waals surface area contributed by atoms with Crippen molar-refractivity contribution >= 4 is 25.5 Å². The summed E-state index contributed by atoms with van der Waals surface area (Å²) < 4.78 is 6.51. The van der Waals surface area contributed by atoms with Crippen LogP contribution < -0.4 is 15.3 Å². The van der Waals surface area contributed by atoms with Gasteiger partial charge in [-0.25, -0.2) is 0 Å². The van der Waals surface area contributed by atoms with Crippen LogP contribution in [0.1, 0.15) is 68.6 Å². The minimum atomic E-state index is -0.0727. The lowest BCUT2D eigenvalue weighted by molar-refractivity contribution is 0.112. The van der Waals surface area contributed by atoms with Crippen LogP contribution in [0.4, 0.5) is 0 Å². The van der Waals surface area contributed by atoms with Crippen LogP contribution in [-0.2, 0) is 17.4 Å². The van der Waals surface area contributed by atoms with Crippen molar-refractivity contribution < 1.29 is 9.53 Å². The molecule has 0 N–H and O–H groups in total. The lowest BCUT2D eigenvalue weighted by Gasteiger charge is -2.29. The molecule has 0 bridgehead atoms. The van der Waals surface area contributed by atoms with Gasteiger partial charge < -0.3 is 4.74 Å². The van der Waals surface area contributed by atoms with E-state index in [4.69, 9.17) is 4.74 Å². The summed E-state index contributed by atoms with van der Waals surface area (Å²) in [6.07, 6.45) is 0.950. The van der Waals surface area contributed by atoms with Gasteiger partial charge in [0.25, 0.3) is 0 Å².